The molecular formula is C16H23N3O3. The average Bonchev–Trinajstić information content (AvgIpc) is 2.97. The number of anilines is 1. The normalized spacial score (nSPS) is 17.3. The van der Waals surface area contributed by atoms with E-state index in [-0.39, 0.29) is 24.1 Å². The van der Waals surface area contributed by atoms with E-state index in [4.69, 9.17) is 4.74 Å². The van der Waals surface area contributed by atoms with Gasteiger partial charge in [0, 0.05) is 19.2 Å². The first kappa shape index (κ1) is 16.3. The van der Waals surface area contributed by atoms with Gasteiger partial charge in [0.1, 0.15) is 0 Å². The lowest BCUT2D eigenvalue weighted by Crippen LogP contribution is -2.36. The molecule has 1 aromatic rings. The zero-order valence-electron chi connectivity index (χ0n) is 13.0. The minimum absolute atomic E-state index is 0.0282. The molecule has 1 aromatic carbocycles. The number of benzene rings is 1. The smallest absolute Gasteiger partial charge is 0.319 e. The van der Waals surface area contributed by atoms with Gasteiger partial charge in [-0.3, -0.25) is 4.79 Å². The van der Waals surface area contributed by atoms with Gasteiger partial charge in [0.2, 0.25) is 0 Å². The van der Waals surface area contributed by atoms with Gasteiger partial charge < -0.3 is 20.7 Å². The van der Waals surface area contributed by atoms with Crippen molar-refractivity contribution < 1.29 is 14.3 Å². The van der Waals surface area contributed by atoms with E-state index in [1.165, 1.54) is 0 Å². The Morgan fingerprint density at radius 3 is 2.77 bits per heavy atom. The number of hydrogen-bond donors (Lipinski definition) is 3. The van der Waals surface area contributed by atoms with Gasteiger partial charge in [-0.2, -0.15) is 0 Å². The van der Waals surface area contributed by atoms with E-state index >= 15 is 0 Å². The van der Waals surface area contributed by atoms with Crippen molar-refractivity contribution in [3.05, 3.63) is 29.8 Å². The first-order valence-corrected chi connectivity index (χ1v) is 7.62. The molecule has 22 heavy (non-hydrogen) atoms. The third-order valence-corrected chi connectivity index (χ3v) is 3.35. The number of amides is 3. The Balaban J connectivity index is 1.97. The van der Waals surface area contributed by atoms with Gasteiger partial charge >= 0.3 is 6.03 Å². The SMILES string of the molecule is CC(C)NC(=O)Nc1ccccc1C(=O)NCC1CCCO1. The van der Waals surface area contributed by atoms with Crippen LogP contribution in [0.2, 0.25) is 0 Å². The van der Waals surface area contributed by atoms with E-state index < -0.39 is 0 Å². The molecule has 1 fully saturated rings. The van der Waals surface area contributed by atoms with Gasteiger partial charge in [-0.05, 0) is 38.8 Å². The van der Waals surface area contributed by atoms with Crippen molar-refractivity contribution in [3.8, 4) is 0 Å². The van der Waals surface area contributed by atoms with Crippen molar-refractivity contribution in [2.24, 2.45) is 0 Å². The topological polar surface area (TPSA) is 79.5 Å². The summed E-state index contributed by atoms with van der Waals surface area (Å²) in [7, 11) is 0. The number of ether oxygens (including phenoxy) is 1. The minimum atomic E-state index is -0.325. The highest BCUT2D eigenvalue weighted by atomic mass is 16.5. The second-order valence-corrected chi connectivity index (χ2v) is 5.64. The van der Waals surface area contributed by atoms with E-state index in [0.29, 0.717) is 17.8 Å². The molecule has 2 rings (SSSR count). The second kappa shape index (κ2) is 7.79. The van der Waals surface area contributed by atoms with Crippen LogP contribution in [0.1, 0.15) is 37.0 Å². The van der Waals surface area contributed by atoms with Crippen molar-refractivity contribution in [1.29, 1.82) is 0 Å². The number of para-hydroxylation sites is 1. The lowest BCUT2D eigenvalue weighted by molar-refractivity contribution is 0.0858. The Morgan fingerprint density at radius 1 is 1.32 bits per heavy atom. The molecule has 1 unspecified atom stereocenters. The van der Waals surface area contributed by atoms with Crippen LogP contribution < -0.4 is 16.0 Å². The van der Waals surface area contributed by atoms with Crippen molar-refractivity contribution >= 4 is 17.6 Å². The van der Waals surface area contributed by atoms with Crippen molar-refractivity contribution in [3.63, 3.8) is 0 Å². The molecule has 3 N–H and O–H groups in total. The van der Waals surface area contributed by atoms with Crippen LogP contribution in [-0.2, 0) is 4.74 Å². The summed E-state index contributed by atoms with van der Waals surface area (Å²) < 4.78 is 5.48. The molecule has 0 radical (unpaired) electrons. The highest BCUT2D eigenvalue weighted by Gasteiger charge is 2.18. The maximum atomic E-state index is 12.3. The lowest BCUT2D eigenvalue weighted by atomic mass is 10.1. The van der Waals surface area contributed by atoms with Crippen molar-refractivity contribution in [2.75, 3.05) is 18.5 Å². The van der Waals surface area contributed by atoms with E-state index in [2.05, 4.69) is 16.0 Å². The van der Waals surface area contributed by atoms with Crippen LogP contribution in [0, 0.1) is 0 Å². The highest BCUT2D eigenvalue weighted by molar-refractivity contribution is 6.03. The second-order valence-electron chi connectivity index (χ2n) is 5.64. The van der Waals surface area contributed by atoms with Crippen LogP contribution in [0.3, 0.4) is 0 Å². The predicted octanol–water partition coefficient (Wildman–Crippen LogP) is 2.13. The first-order chi connectivity index (χ1) is 10.6. The zero-order valence-corrected chi connectivity index (χ0v) is 13.0. The number of carbonyl (C=O) groups excluding carboxylic acids is 2. The van der Waals surface area contributed by atoms with Gasteiger partial charge in [0.15, 0.2) is 0 Å². The molecule has 3 amide bonds. The number of rotatable bonds is 5. The van der Waals surface area contributed by atoms with Crippen LogP contribution in [0.4, 0.5) is 10.5 Å². The molecular weight excluding hydrogens is 282 g/mol. The maximum Gasteiger partial charge on any atom is 0.319 e. The quantitative estimate of drug-likeness (QED) is 0.779. The van der Waals surface area contributed by atoms with E-state index in [1.807, 2.05) is 13.8 Å². The third-order valence-electron chi connectivity index (χ3n) is 3.35. The van der Waals surface area contributed by atoms with E-state index in [0.717, 1.165) is 19.4 Å². The lowest BCUT2D eigenvalue weighted by Gasteiger charge is -2.15. The van der Waals surface area contributed by atoms with Gasteiger partial charge in [0.25, 0.3) is 5.91 Å². The fourth-order valence-electron chi connectivity index (χ4n) is 2.32. The van der Waals surface area contributed by atoms with Crippen LogP contribution in [0.15, 0.2) is 24.3 Å². The summed E-state index contributed by atoms with van der Waals surface area (Å²) in [4.78, 5) is 24.1. The van der Waals surface area contributed by atoms with Gasteiger partial charge in [-0.15, -0.1) is 0 Å². The molecule has 1 heterocycles. The molecule has 1 aliphatic heterocycles. The Kier molecular flexibility index (Phi) is 5.77. The minimum Gasteiger partial charge on any atom is -0.376 e. The zero-order chi connectivity index (χ0) is 15.9. The molecule has 0 bridgehead atoms. The van der Waals surface area contributed by atoms with Crippen LogP contribution in [-0.4, -0.2) is 37.2 Å². The molecule has 1 atom stereocenters. The summed E-state index contributed by atoms with van der Waals surface area (Å²) >= 11 is 0. The summed E-state index contributed by atoms with van der Waals surface area (Å²) in [6.07, 6.45) is 2.10. The summed E-state index contributed by atoms with van der Waals surface area (Å²) in [5.74, 6) is -0.212. The number of carbonyl (C=O) groups is 2. The van der Waals surface area contributed by atoms with E-state index in [1.54, 1.807) is 24.3 Å². The number of nitrogens with one attached hydrogen (secondary N) is 3. The summed E-state index contributed by atoms with van der Waals surface area (Å²) in [6, 6.07) is 6.65. The van der Waals surface area contributed by atoms with Crippen molar-refractivity contribution in [2.45, 2.75) is 38.8 Å². The Morgan fingerprint density at radius 2 is 2.09 bits per heavy atom. The summed E-state index contributed by atoms with van der Waals surface area (Å²) in [5.41, 5.74) is 0.935. The average molecular weight is 305 g/mol. The molecule has 1 aliphatic rings. The Hall–Kier alpha value is -2.08. The first-order valence-electron chi connectivity index (χ1n) is 7.62. The standard InChI is InChI=1S/C16H23N3O3/c1-11(2)18-16(21)19-14-8-4-3-7-13(14)15(20)17-10-12-6-5-9-22-12/h3-4,7-8,11-12H,5-6,9-10H2,1-2H3,(H,17,20)(H2,18,19,21). The summed E-state index contributed by atoms with van der Waals surface area (Å²) in [5, 5.41) is 8.30. The molecule has 6 heteroatoms. The Bertz CT molecular complexity index is 525. The summed E-state index contributed by atoms with van der Waals surface area (Å²) in [6.45, 7) is 5.00. The molecule has 0 spiro atoms. The molecule has 6 nitrogen and oxygen atoms in total. The Labute approximate surface area is 130 Å². The molecule has 0 aliphatic carbocycles. The molecule has 120 valence electrons. The fraction of sp³-hybridized carbons (Fsp3) is 0.500. The van der Waals surface area contributed by atoms with Crippen molar-refractivity contribution in [1.82, 2.24) is 10.6 Å². The highest BCUT2D eigenvalue weighted by Crippen LogP contribution is 2.16. The fourth-order valence-corrected chi connectivity index (χ4v) is 2.32. The largest absolute Gasteiger partial charge is 0.376 e. The van der Waals surface area contributed by atoms with Crippen LogP contribution >= 0.6 is 0 Å². The molecule has 0 saturated carbocycles. The number of urea groups is 1. The monoisotopic (exact) mass is 305 g/mol. The van der Waals surface area contributed by atoms with Crippen LogP contribution in [0.25, 0.3) is 0 Å². The molecule has 1 saturated heterocycles. The number of hydrogen-bond acceptors (Lipinski definition) is 3. The molecule has 0 aromatic heterocycles. The predicted molar refractivity (Wildman–Crippen MR) is 85.0 cm³/mol. The van der Waals surface area contributed by atoms with Gasteiger partial charge in [-0.1, -0.05) is 12.1 Å². The third kappa shape index (κ3) is 4.73. The van der Waals surface area contributed by atoms with Gasteiger partial charge in [-0.25, -0.2) is 4.79 Å². The van der Waals surface area contributed by atoms with E-state index in [9.17, 15) is 9.59 Å². The van der Waals surface area contributed by atoms with Gasteiger partial charge in [0.05, 0.1) is 17.4 Å². The maximum absolute atomic E-state index is 12.3. The van der Waals surface area contributed by atoms with Crippen LogP contribution in [0.5, 0.6) is 0 Å².